The number of methoxy groups -OCH3 is 1. The monoisotopic (exact) mass is 502 g/mol. The van der Waals surface area contributed by atoms with Crippen LogP contribution in [0.3, 0.4) is 0 Å². The zero-order chi connectivity index (χ0) is 18.8. The molecule has 0 radical (unpaired) electrons. The molecule has 27 heavy (non-hydrogen) atoms. The Morgan fingerprint density at radius 3 is 2.48 bits per heavy atom. The minimum Gasteiger partial charge on any atom is -0.497 e. The summed E-state index contributed by atoms with van der Waals surface area (Å²) in [5.74, 6) is 1.74. The molecule has 0 saturated carbocycles. The molecule has 0 aliphatic heterocycles. The Balaban J connectivity index is 0.00000364. The molecule has 1 unspecified atom stereocenters. The van der Waals surface area contributed by atoms with Crippen LogP contribution in [-0.4, -0.2) is 51.7 Å². The number of thiophene rings is 1. The van der Waals surface area contributed by atoms with Gasteiger partial charge in [-0.05, 0) is 56.6 Å². The van der Waals surface area contributed by atoms with Crippen molar-refractivity contribution in [3.8, 4) is 5.75 Å². The Bertz CT molecular complexity index is 659. The van der Waals surface area contributed by atoms with E-state index >= 15 is 0 Å². The lowest BCUT2D eigenvalue weighted by molar-refractivity contribution is 0.306. The molecule has 0 fully saturated rings. The number of ether oxygens (including phenoxy) is 1. The Kier molecular flexibility index (Phi) is 11.4. The summed E-state index contributed by atoms with van der Waals surface area (Å²) in [4.78, 5) is 8.38. The molecule has 5 nitrogen and oxygen atoms in total. The maximum Gasteiger partial charge on any atom is 0.191 e. The van der Waals surface area contributed by atoms with E-state index in [1.165, 1.54) is 10.4 Å². The molecule has 1 aromatic heterocycles. The quantitative estimate of drug-likeness (QED) is 0.312. The second-order valence-corrected chi connectivity index (χ2v) is 7.26. The van der Waals surface area contributed by atoms with Crippen molar-refractivity contribution >= 4 is 41.3 Å². The van der Waals surface area contributed by atoms with Crippen molar-refractivity contribution in [3.05, 3.63) is 52.2 Å². The van der Waals surface area contributed by atoms with Crippen molar-refractivity contribution in [3.63, 3.8) is 0 Å². The summed E-state index contributed by atoms with van der Waals surface area (Å²) in [6, 6.07) is 12.7. The second-order valence-electron chi connectivity index (χ2n) is 6.23. The van der Waals surface area contributed by atoms with Crippen LogP contribution < -0.4 is 15.4 Å². The van der Waals surface area contributed by atoms with Gasteiger partial charge in [-0.15, -0.1) is 35.3 Å². The molecule has 7 heteroatoms. The minimum absolute atomic E-state index is 0. The maximum atomic E-state index is 5.25. The third kappa shape index (κ3) is 8.06. The van der Waals surface area contributed by atoms with Gasteiger partial charge >= 0.3 is 0 Å². The van der Waals surface area contributed by atoms with Crippen LogP contribution in [0.1, 0.15) is 23.4 Å². The van der Waals surface area contributed by atoms with Crippen LogP contribution in [0, 0.1) is 0 Å². The summed E-state index contributed by atoms with van der Waals surface area (Å²) in [6.07, 6.45) is 1.01. The summed E-state index contributed by atoms with van der Waals surface area (Å²) in [6.45, 7) is 4.50. The van der Waals surface area contributed by atoms with E-state index < -0.39 is 0 Å². The smallest absolute Gasteiger partial charge is 0.191 e. The Morgan fingerprint density at radius 1 is 1.19 bits per heavy atom. The van der Waals surface area contributed by atoms with E-state index in [-0.39, 0.29) is 30.0 Å². The highest BCUT2D eigenvalue weighted by Gasteiger charge is 2.14. The average molecular weight is 502 g/mol. The largest absolute Gasteiger partial charge is 0.497 e. The van der Waals surface area contributed by atoms with Gasteiger partial charge in [-0.25, -0.2) is 0 Å². The van der Waals surface area contributed by atoms with E-state index in [1.54, 1.807) is 18.4 Å². The molecule has 0 saturated heterocycles. The standard InChI is InChI=1S/C20H30N4OS.HI/c1-5-21-20(22-13-12-18-7-6-14-26-18)23-15-19(24(2)3)16-8-10-17(25-4)11-9-16;/h6-11,14,19H,5,12-13,15H2,1-4H3,(H2,21,22,23);1H. The molecule has 0 amide bonds. The van der Waals surface area contributed by atoms with E-state index in [2.05, 4.69) is 66.2 Å². The van der Waals surface area contributed by atoms with Gasteiger partial charge in [-0.1, -0.05) is 18.2 Å². The molecule has 0 aliphatic carbocycles. The number of nitrogens with zero attached hydrogens (tertiary/aromatic N) is 2. The van der Waals surface area contributed by atoms with Gasteiger partial charge < -0.3 is 20.3 Å². The number of rotatable bonds is 9. The normalized spacial score (nSPS) is 12.4. The van der Waals surface area contributed by atoms with Gasteiger partial charge in [0.2, 0.25) is 0 Å². The highest BCUT2D eigenvalue weighted by atomic mass is 127. The van der Waals surface area contributed by atoms with Gasteiger partial charge in [-0.2, -0.15) is 0 Å². The molecular weight excluding hydrogens is 471 g/mol. The van der Waals surface area contributed by atoms with Crippen molar-refractivity contribution in [2.24, 2.45) is 4.99 Å². The fourth-order valence-electron chi connectivity index (χ4n) is 2.67. The molecule has 0 bridgehead atoms. The van der Waals surface area contributed by atoms with Crippen LogP contribution in [-0.2, 0) is 6.42 Å². The molecule has 0 spiro atoms. The van der Waals surface area contributed by atoms with Crippen LogP contribution in [0.2, 0.25) is 0 Å². The van der Waals surface area contributed by atoms with Crippen molar-refractivity contribution < 1.29 is 4.74 Å². The van der Waals surface area contributed by atoms with Crippen molar-refractivity contribution in [1.29, 1.82) is 0 Å². The predicted molar refractivity (Wildman–Crippen MR) is 127 cm³/mol. The SMILES string of the molecule is CCNC(=NCC(c1ccc(OC)cc1)N(C)C)NCCc1cccs1.I. The van der Waals surface area contributed by atoms with E-state index in [0.29, 0.717) is 6.54 Å². The molecule has 1 aromatic carbocycles. The van der Waals surface area contributed by atoms with Crippen LogP contribution in [0.5, 0.6) is 5.75 Å². The highest BCUT2D eigenvalue weighted by molar-refractivity contribution is 14.0. The second kappa shape index (κ2) is 13.0. The molecule has 2 aromatic rings. The average Bonchev–Trinajstić information content (AvgIpc) is 3.15. The summed E-state index contributed by atoms with van der Waals surface area (Å²) in [7, 11) is 5.86. The van der Waals surface area contributed by atoms with E-state index in [1.807, 2.05) is 12.1 Å². The minimum atomic E-state index is 0. The number of nitrogens with one attached hydrogen (secondary N) is 2. The van der Waals surface area contributed by atoms with E-state index in [4.69, 9.17) is 9.73 Å². The summed E-state index contributed by atoms with van der Waals surface area (Å²) < 4.78 is 5.25. The number of aliphatic imine (C=N–C) groups is 1. The van der Waals surface area contributed by atoms with Gasteiger partial charge in [0.15, 0.2) is 5.96 Å². The predicted octanol–water partition coefficient (Wildman–Crippen LogP) is 3.78. The number of benzene rings is 1. The third-order valence-electron chi connectivity index (χ3n) is 4.13. The fraction of sp³-hybridized carbons (Fsp3) is 0.450. The zero-order valence-electron chi connectivity index (χ0n) is 16.6. The third-order valence-corrected chi connectivity index (χ3v) is 5.07. The summed E-state index contributed by atoms with van der Waals surface area (Å²) in [5.41, 5.74) is 1.23. The lowest BCUT2D eigenvalue weighted by Crippen LogP contribution is -2.39. The molecule has 0 aliphatic rings. The lowest BCUT2D eigenvalue weighted by Gasteiger charge is -2.24. The summed E-state index contributed by atoms with van der Waals surface area (Å²) in [5, 5.41) is 8.88. The molecule has 150 valence electrons. The van der Waals surface area contributed by atoms with Crippen molar-refractivity contribution in [1.82, 2.24) is 15.5 Å². The van der Waals surface area contributed by atoms with E-state index in [9.17, 15) is 0 Å². The molecule has 2 rings (SSSR count). The maximum absolute atomic E-state index is 5.25. The van der Waals surface area contributed by atoms with Crippen LogP contribution in [0.4, 0.5) is 0 Å². The number of hydrogen-bond donors (Lipinski definition) is 2. The first kappa shape index (κ1) is 23.7. The number of halogens is 1. The van der Waals surface area contributed by atoms with Crippen LogP contribution in [0.25, 0.3) is 0 Å². The Labute approximate surface area is 184 Å². The fourth-order valence-corrected chi connectivity index (χ4v) is 3.38. The summed E-state index contributed by atoms with van der Waals surface area (Å²) >= 11 is 1.79. The number of likely N-dealkylation sites (N-methyl/N-ethyl adjacent to an activating group) is 1. The first-order chi connectivity index (χ1) is 12.6. The Morgan fingerprint density at radius 2 is 1.93 bits per heavy atom. The van der Waals surface area contributed by atoms with Gasteiger partial charge in [-0.3, -0.25) is 4.99 Å². The molecular formula is C20H31IN4OS. The molecule has 1 atom stereocenters. The Hall–Kier alpha value is -1.32. The van der Waals surface area contributed by atoms with Gasteiger partial charge in [0.25, 0.3) is 0 Å². The van der Waals surface area contributed by atoms with Crippen LogP contribution >= 0.6 is 35.3 Å². The number of hydrogen-bond acceptors (Lipinski definition) is 4. The molecule has 2 N–H and O–H groups in total. The van der Waals surface area contributed by atoms with Crippen molar-refractivity contribution in [2.75, 3.05) is 40.8 Å². The highest BCUT2D eigenvalue weighted by Crippen LogP contribution is 2.21. The molecule has 1 heterocycles. The van der Waals surface area contributed by atoms with Crippen LogP contribution in [0.15, 0.2) is 46.8 Å². The first-order valence-electron chi connectivity index (χ1n) is 8.99. The van der Waals surface area contributed by atoms with Gasteiger partial charge in [0.1, 0.15) is 5.75 Å². The first-order valence-corrected chi connectivity index (χ1v) is 9.87. The van der Waals surface area contributed by atoms with Crippen molar-refractivity contribution in [2.45, 2.75) is 19.4 Å². The van der Waals surface area contributed by atoms with Gasteiger partial charge in [0, 0.05) is 18.0 Å². The van der Waals surface area contributed by atoms with Gasteiger partial charge in [0.05, 0.1) is 19.7 Å². The zero-order valence-corrected chi connectivity index (χ0v) is 19.7. The van der Waals surface area contributed by atoms with E-state index in [0.717, 1.165) is 31.2 Å². The lowest BCUT2D eigenvalue weighted by atomic mass is 10.1. The number of guanidine groups is 1. The topological polar surface area (TPSA) is 48.9 Å².